The molecule has 0 unspecified atom stereocenters. The van der Waals surface area contributed by atoms with Crippen molar-refractivity contribution < 1.29 is 9.53 Å². The lowest BCUT2D eigenvalue weighted by Gasteiger charge is -2.44. The molecular formula is C15H19N5O2. The van der Waals surface area contributed by atoms with Gasteiger partial charge in [0, 0.05) is 18.9 Å². The summed E-state index contributed by atoms with van der Waals surface area (Å²) in [5.41, 5.74) is 0.737. The molecule has 2 fully saturated rings. The number of aryl methyl sites for hydroxylation is 1. The van der Waals surface area contributed by atoms with Gasteiger partial charge in [-0.2, -0.15) is 4.98 Å². The molecule has 1 saturated carbocycles. The van der Waals surface area contributed by atoms with E-state index in [4.69, 9.17) is 4.74 Å². The molecule has 2 aromatic rings. The van der Waals surface area contributed by atoms with E-state index in [9.17, 15) is 4.79 Å². The molecule has 3 heterocycles. The third-order valence-electron chi connectivity index (χ3n) is 4.69. The van der Waals surface area contributed by atoms with Crippen LogP contribution < -0.4 is 0 Å². The Morgan fingerprint density at radius 2 is 2.27 bits per heavy atom. The second kappa shape index (κ2) is 4.74. The number of fused-ring (bicyclic) bond motifs is 1. The van der Waals surface area contributed by atoms with Gasteiger partial charge in [-0.25, -0.2) is 9.50 Å². The third kappa shape index (κ3) is 2.08. The number of rotatable bonds is 2. The van der Waals surface area contributed by atoms with E-state index < -0.39 is 0 Å². The van der Waals surface area contributed by atoms with E-state index in [0.29, 0.717) is 31.5 Å². The quantitative estimate of drug-likeness (QED) is 0.830. The minimum atomic E-state index is -0.240. The van der Waals surface area contributed by atoms with Crippen molar-refractivity contribution in [1.29, 1.82) is 0 Å². The molecule has 0 N–H and O–H groups in total. The van der Waals surface area contributed by atoms with E-state index in [0.717, 1.165) is 18.4 Å². The molecule has 0 bridgehead atoms. The number of aromatic nitrogens is 4. The van der Waals surface area contributed by atoms with Gasteiger partial charge in [-0.05, 0) is 38.2 Å². The van der Waals surface area contributed by atoms with Crippen LogP contribution in [0, 0.1) is 12.8 Å². The largest absolute Gasteiger partial charge is 0.377 e. The van der Waals surface area contributed by atoms with E-state index in [-0.39, 0.29) is 17.3 Å². The Bertz CT molecular complexity index is 739. The van der Waals surface area contributed by atoms with E-state index in [1.165, 1.54) is 0 Å². The lowest BCUT2D eigenvalue weighted by molar-refractivity contribution is -0.0552. The number of carbonyl (C=O) groups is 1. The third-order valence-corrected chi connectivity index (χ3v) is 4.69. The predicted molar refractivity (Wildman–Crippen MR) is 78.5 cm³/mol. The van der Waals surface area contributed by atoms with Crippen molar-refractivity contribution in [3.05, 3.63) is 23.8 Å². The molecule has 22 heavy (non-hydrogen) atoms. The van der Waals surface area contributed by atoms with Crippen LogP contribution in [-0.4, -0.2) is 55.7 Å². The zero-order chi connectivity index (χ0) is 15.3. The summed E-state index contributed by atoms with van der Waals surface area (Å²) in [6, 6.07) is 0. The summed E-state index contributed by atoms with van der Waals surface area (Å²) in [5.74, 6) is 1.07. The fourth-order valence-corrected chi connectivity index (χ4v) is 3.23. The maximum Gasteiger partial charge on any atom is 0.294 e. The predicted octanol–water partition coefficient (Wildman–Crippen LogP) is 1.07. The Morgan fingerprint density at radius 1 is 1.45 bits per heavy atom. The van der Waals surface area contributed by atoms with Gasteiger partial charge in [-0.3, -0.25) is 4.79 Å². The van der Waals surface area contributed by atoms with Crippen molar-refractivity contribution in [2.75, 3.05) is 19.8 Å². The highest BCUT2D eigenvalue weighted by Crippen LogP contribution is 2.44. The van der Waals surface area contributed by atoms with Gasteiger partial charge in [0.2, 0.25) is 5.82 Å². The van der Waals surface area contributed by atoms with Gasteiger partial charge in [0.15, 0.2) is 0 Å². The summed E-state index contributed by atoms with van der Waals surface area (Å²) in [4.78, 5) is 23.3. The maximum atomic E-state index is 12.9. The van der Waals surface area contributed by atoms with Gasteiger partial charge in [0.1, 0.15) is 0 Å². The average Bonchev–Trinajstić information content (AvgIpc) is 3.28. The zero-order valence-electron chi connectivity index (χ0n) is 12.8. The van der Waals surface area contributed by atoms with Gasteiger partial charge in [-0.15, -0.1) is 5.10 Å². The second-order valence-electron chi connectivity index (χ2n) is 6.45. The highest BCUT2D eigenvalue weighted by Gasteiger charge is 2.50. The molecule has 7 heteroatoms. The number of ether oxygens (including phenoxy) is 1. The van der Waals surface area contributed by atoms with Crippen LogP contribution in [0.3, 0.4) is 0 Å². The molecule has 1 atom stereocenters. The van der Waals surface area contributed by atoms with Crippen molar-refractivity contribution in [1.82, 2.24) is 24.5 Å². The Morgan fingerprint density at radius 3 is 3.05 bits per heavy atom. The minimum Gasteiger partial charge on any atom is -0.377 e. The fraction of sp³-hybridized carbons (Fsp3) is 0.600. The molecule has 7 nitrogen and oxygen atoms in total. The average molecular weight is 301 g/mol. The molecule has 0 aromatic carbocycles. The number of morpholine rings is 1. The van der Waals surface area contributed by atoms with Gasteiger partial charge in [0.25, 0.3) is 11.7 Å². The first kappa shape index (κ1) is 13.6. The molecule has 1 amide bonds. The molecule has 2 aliphatic rings. The van der Waals surface area contributed by atoms with Crippen LogP contribution in [0.2, 0.25) is 0 Å². The number of hydrogen-bond donors (Lipinski definition) is 0. The highest BCUT2D eigenvalue weighted by molar-refractivity contribution is 5.91. The Labute approximate surface area is 128 Å². The number of carbonyl (C=O) groups excluding carboxylic acids is 1. The minimum absolute atomic E-state index is 0.124. The van der Waals surface area contributed by atoms with Gasteiger partial charge >= 0.3 is 0 Å². The first-order valence-corrected chi connectivity index (χ1v) is 7.67. The molecule has 1 aliphatic carbocycles. The van der Waals surface area contributed by atoms with Crippen LogP contribution in [0.4, 0.5) is 0 Å². The Hall–Kier alpha value is -2.02. The van der Waals surface area contributed by atoms with Crippen LogP contribution >= 0.6 is 0 Å². The highest BCUT2D eigenvalue weighted by atomic mass is 16.5. The van der Waals surface area contributed by atoms with Crippen molar-refractivity contribution in [2.24, 2.45) is 5.92 Å². The lowest BCUT2D eigenvalue weighted by Crippen LogP contribution is -2.58. The summed E-state index contributed by atoms with van der Waals surface area (Å²) in [6.07, 6.45) is 5.86. The van der Waals surface area contributed by atoms with Crippen molar-refractivity contribution >= 4 is 11.7 Å². The molecule has 1 aliphatic heterocycles. The molecule has 1 saturated heterocycles. The smallest absolute Gasteiger partial charge is 0.294 e. The molecule has 4 rings (SSSR count). The van der Waals surface area contributed by atoms with Crippen LogP contribution in [0.15, 0.2) is 12.4 Å². The van der Waals surface area contributed by atoms with Gasteiger partial charge < -0.3 is 9.64 Å². The molecular weight excluding hydrogens is 282 g/mol. The van der Waals surface area contributed by atoms with Crippen LogP contribution in [-0.2, 0) is 4.74 Å². The fourth-order valence-electron chi connectivity index (χ4n) is 3.23. The van der Waals surface area contributed by atoms with Gasteiger partial charge in [0.05, 0.1) is 18.8 Å². The van der Waals surface area contributed by atoms with E-state index in [1.807, 2.05) is 18.0 Å². The summed E-state index contributed by atoms with van der Waals surface area (Å²) >= 11 is 0. The molecule has 0 spiro atoms. The molecule has 0 radical (unpaired) electrons. The number of nitrogens with zero attached hydrogens (tertiary/aromatic N) is 5. The van der Waals surface area contributed by atoms with Crippen LogP contribution in [0.1, 0.15) is 35.9 Å². The van der Waals surface area contributed by atoms with Crippen LogP contribution in [0.25, 0.3) is 5.78 Å². The first-order chi connectivity index (χ1) is 10.6. The summed E-state index contributed by atoms with van der Waals surface area (Å²) < 4.78 is 7.19. The van der Waals surface area contributed by atoms with Crippen molar-refractivity contribution in [3.8, 4) is 0 Å². The van der Waals surface area contributed by atoms with Gasteiger partial charge in [-0.1, -0.05) is 0 Å². The monoisotopic (exact) mass is 301 g/mol. The zero-order valence-corrected chi connectivity index (χ0v) is 12.8. The number of hydrogen-bond acceptors (Lipinski definition) is 5. The Balaban J connectivity index is 1.69. The normalized spacial score (nSPS) is 25.6. The van der Waals surface area contributed by atoms with Crippen molar-refractivity contribution in [3.63, 3.8) is 0 Å². The SMILES string of the molecule is Cc1cnc2nc(C(=O)N3CCOC[C@@]3(C)C3CC3)nn2c1. The summed E-state index contributed by atoms with van der Waals surface area (Å²) in [7, 11) is 0. The van der Waals surface area contributed by atoms with Crippen molar-refractivity contribution in [2.45, 2.75) is 32.2 Å². The van der Waals surface area contributed by atoms with E-state index in [1.54, 1.807) is 10.7 Å². The maximum absolute atomic E-state index is 12.9. The summed E-state index contributed by atoms with van der Waals surface area (Å²) in [6.45, 7) is 5.79. The van der Waals surface area contributed by atoms with E-state index in [2.05, 4.69) is 22.0 Å². The van der Waals surface area contributed by atoms with Crippen LogP contribution in [0.5, 0.6) is 0 Å². The lowest BCUT2D eigenvalue weighted by atomic mass is 9.93. The first-order valence-electron chi connectivity index (χ1n) is 7.67. The standard InChI is InChI=1S/C15H19N5O2/c1-10-7-16-14-17-12(18-20(14)8-10)13(21)19-5-6-22-9-15(19,2)11-3-4-11/h7-8,11H,3-6,9H2,1-2H3/t15-/m0/s1. The topological polar surface area (TPSA) is 72.6 Å². The van der Waals surface area contributed by atoms with E-state index >= 15 is 0 Å². The number of amides is 1. The second-order valence-corrected chi connectivity index (χ2v) is 6.45. The molecule has 116 valence electrons. The Kier molecular flexibility index (Phi) is 2.94. The molecule has 2 aromatic heterocycles. The summed E-state index contributed by atoms with van der Waals surface area (Å²) in [5, 5.41) is 4.31.